The molecule has 1 aliphatic rings. The second-order valence-corrected chi connectivity index (χ2v) is 5.20. The zero-order chi connectivity index (χ0) is 12.9. The Hall–Kier alpha value is -1.15. The Morgan fingerprint density at radius 1 is 1.41 bits per heavy atom. The highest BCUT2D eigenvalue weighted by Crippen LogP contribution is 2.15. The first-order valence-electron chi connectivity index (χ1n) is 5.41. The Morgan fingerprint density at radius 2 is 2.00 bits per heavy atom. The van der Waals surface area contributed by atoms with Crippen LogP contribution in [0.3, 0.4) is 0 Å². The van der Waals surface area contributed by atoms with Crippen LogP contribution in [-0.2, 0) is 19.7 Å². The first kappa shape index (κ1) is 13.9. The average Bonchev–Trinajstić information content (AvgIpc) is 2.20. The minimum absolute atomic E-state index is 0.0965. The molecule has 0 atom stereocenters. The molecule has 0 heterocycles. The third kappa shape index (κ3) is 5.14. The highest BCUT2D eigenvalue weighted by Gasteiger charge is 2.24. The van der Waals surface area contributed by atoms with Crippen molar-refractivity contribution in [3.05, 3.63) is 0 Å². The van der Waals surface area contributed by atoms with Crippen molar-refractivity contribution in [2.24, 2.45) is 0 Å². The number of nitrogens with one attached hydrogen (secondary N) is 2. The van der Waals surface area contributed by atoms with Gasteiger partial charge in [0, 0.05) is 18.9 Å². The van der Waals surface area contributed by atoms with E-state index < -0.39 is 16.3 Å². The predicted molar refractivity (Wildman–Crippen MR) is 59.5 cm³/mol. The predicted octanol–water partition coefficient (Wildman–Crippen LogP) is 0.0786. The van der Waals surface area contributed by atoms with E-state index in [1.165, 1.54) is 0 Å². The number of Topliss-reactive ketones (excluding diaryl/α,β-unsaturated/α-hetero) is 1. The zero-order valence-electron chi connectivity index (χ0n) is 9.56. The van der Waals surface area contributed by atoms with Crippen LogP contribution in [0.25, 0.3) is 0 Å². The van der Waals surface area contributed by atoms with Gasteiger partial charge in [-0.25, -0.2) is 9.52 Å². The van der Waals surface area contributed by atoms with Crippen LogP contribution in [0.1, 0.15) is 32.6 Å². The van der Waals surface area contributed by atoms with E-state index in [1.807, 2.05) is 0 Å². The van der Waals surface area contributed by atoms with E-state index in [0.29, 0.717) is 25.7 Å². The molecule has 0 aliphatic heterocycles. The first-order valence-corrected chi connectivity index (χ1v) is 6.90. The molecule has 1 aliphatic carbocycles. The summed E-state index contributed by atoms with van der Waals surface area (Å²) in [6, 6.07) is -0.306. The van der Waals surface area contributed by atoms with Crippen LogP contribution in [0.15, 0.2) is 0 Å². The SMILES string of the molecule is CCOC(=O)NS(=O)(=O)NC1CCC(=O)CC1. The Kier molecular flexibility index (Phi) is 4.88. The van der Waals surface area contributed by atoms with E-state index >= 15 is 0 Å². The molecular weight excluding hydrogens is 248 g/mol. The monoisotopic (exact) mass is 264 g/mol. The van der Waals surface area contributed by atoms with Crippen LogP contribution in [0.2, 0.25) is 0 Å². The van der Waals surface area contributed by atoms with Gasteiger partial charge in [0.15, 0.2) is 0 Å². The summed E-state index contributed by atoms with van der Waals surface area (Å²) in [4.78, 5) is 21.9. The fourth-order valence-corrected chi connectivity index (χ4v) is 2.59. The van der Waals surface area contributed by atoms with E-state index in [4.69, 9.17) is 0 Å². The number of rotatable bonds is 4. The number of hydrogen-bond acceptors (Lipinski definition) is 5. The Morgan fingerprint density at radius 3 is 2.53 bits per heavy atom. The number of hydrogen-bond donors (Lipinski definition) is 2. The van der Waals surface area contributed by atoms with Crippen molar-refractivity contribution in [2.45, 2.75) is 38.6 Å². The van der Waals surface area contributed by atoms with Gasteiger partial charge in [-0.3, -0.25) is 4.79 Å². The van der Waals surface area contributed by atoms with Crippen molar-refractivity contribution in [2.75, 3.05) is 6.61 Å². The molecule has 8 heteroatoms. The van der Waals surface area contributed by atoms with Gasteiger partial charge in [-0.2, -0.15) is 13.1 Å². The second kappa shape index (κ2) is 5.97. The summed E-state index contributed by atoms with van der Waals surface area (Å²) >= 11 is 0. The van der Waals surface area contributed by atoms with Gasteiger partial charge in [0.2, 0.25) is 0 Å². The molecule has 7 nitrogen and oxygen atoms in total. The molecule has 98 valence electrons. The van der Waals surface area contributed by atoms with Gasteiger partial charge in [-0.15, -0.1) is 0 Å². The normalized spacial score (nSPS) is 17.8. The van der Waals surface area contributed by atoms with Gasteiger partial charge in [0.25, 0.3) is 0 Å². The number of ketones is 1. The van der Waals surface area contributed by atoms with Crippen LogP contribution in [0, 0.1) is 0 Å². The van der Waals surface area contributed by atoms with E-state index in [9.17, 15) is 18.0 Å². The number of carbonyl (C=O) groups is 2. The van der Waals surface area contributed by atoms with Crippen LogP contribution in [-0.4, -0.2) is 32.9 Å². The Balaban J connectivity index is 2.43. The fraction of sp³-hybridized carbons (Fsp3) is 0.778. The van der Waals surface area contributed by atoms with Crippen molar-refractivity contribution in [3.8, 4) is 0 Å². The summed E-state index contributed by atoms with van der Waals surface area (Å²) in [6.45, 7) is 1.67. The summed E-state index contributed by atoms with van der Waals surface area (Å²) in [6.07, 6.45) is 0.650. The number of amides is 1. The molecule has 0 aromatic heterocycles. The third-order valence-electron chi connectivity index (χ3n) is 2.36. The number of ether oxygens (including phenoxy) is 1. The van der Waals surface area contributed by atoms with Gasteiger partial charge in [0.1, 0.15) is 5.78 Å². The molecule has 17 heavy (non-hydrogen) atoms. The molecule has 1 rings (SSSR count). The summed E-state index contributed by atoms with van der Waals surface area (Å²) in [5.74, 6) is 0.138. The quantitative estimate of drug-likeness (QED) is 0.748. The van der Waals surface area contributed by atoms with E-state index in [-0.39, 0.29) is 18.4 Å². The van der Waals surface area contributed by atoms with Crippen molar-refractivity contribution in [1.82, 2.24) is 9.44 Å². The van der Waals surface area contributed by atoms with E-state index in [0.717, 1.165) is 0 Å². The Bertz CT molecular complexity index is 382. The highest BCUT2D eigenvalue weighted by molar-refractivity contribution is 7.88. The molecule has 1 fully saturated rings. The zero-order valence-corrected chi connectivity index (χ0v) is 10.4. The lowest BCUT2D eigenvalue weighted by Gasteiger charge is -2.21. The van der Waals surface area contributed by atoms with Crippen LogP contribution < -0.4 is 9.44 Å². The molecule has 0 spiro atoms. The van der Waals surface area contributed by atoms with Gasteiger partial charge < -0.3 is 4.74 Å². The summed E-state index contributed by atoms with van der Waals surface area (Å²) in [5.41, 5.74) is 0. The maximum Gasteiger partial charge on any atom is 0.421 e. The van der Waals surface area contributed by atoms with Crippen molar-refractivity contribution < 1.29 is 22.7 Å². The van der Waals surface area contributed by atoms with Crippen LogP contribution in [0.4, 0.5) is 4.79 Å². The summed E-state index contributed by atoms with van der Waals surface area (Å²) < 4.78 is 31.4. The molecule has 1 saturated carbocycles. The lowest BCUT2D eigenvalue weighted by atomic mass is 9.95. The average molecular weight is 264 g/mol. The van der Waals surface area contributed by atoms with Crippen molar-refractivity contribution >= 4 is 22.1 Å². The maximum atomic E-state index is 11.5. The minimum Gasteiger partial charge on any atom is -0.449 e. The summed E-state index contributed by atoms with van der Waals surface area (Å²) in [7, 11) is -3.91. The molecule has 0 bridgehead atoms. The lowest BCUT2D eigenvalue weighted by molar-refractivity contribution is -0.120. The molecule has 0 radical (unpaired) electrons. The van der Waals surface area contributed by atoms with Gasteiger partial charge in [-0.1, -0.05) is 0 Å². The minimum atomic E-state index is -3.91. The van der Waals surface area contributed by atoms with Crippen LogP contribution >= 0.6 is 0 Å². The molecular formula is C9H16N2O5S. The summed E-state index contributed by atoms with van der Waals surface area (Å²) in [5, 5.41) is 0. The van der Waals surface area contributed by atoms with E-state index in [1.54, 1.807) is 11.6 Å². The van der Waals surface area contributed by atoms with Crippen LogP contribution in [0.5, 0.6) is 0 Å². The van der Waals surface area contributed by atoms with Crippen molar-refractivity contribution in [1.29, 1.82) is 0 Å². The number of carbonyl (C=O) groups excluding carboxylic acids is 2. The maximum absolute atomic E-state index is 11.5. The second-order valence-electron chi connectivity index (χ2n) is 3.76. The standard InChI is InChI=1S/C9H16N2O5S/c1-2-16-9(13)11-17(14,15)10-7-3-5-8(12)6-4-7/h7,10H,2-6H2,1H3,(H,11,13). The van der Waals surface area contributed by atoms with Gasteiger partial charge >= 0.3 is 16.3 Å². The molecule has 0 aromatic rings. The third-order valence-corrected chi connectivity index (χ3v) is 3.44. The molecule has 0 aromatic carbocycles. The topological polar surface area (TPSA) is 102 Å². The van der Waals surface area contributed by atoms with Gasteiger partial charge in [-0.05, 0) is 19.8 Å². The fourth-order valence-electron chi connectivity index (χ4n) is 1.58. The Labute approximate surface area is 100 Å². The lowest BCUT2D eigenvalue weighted by Crippen LogP contribution is -2.46. The van der Waals surface area contributed by atoms with E-state index in [2.05, 4.69) is 9.46 Å². The molecule has 0 unspecified atom stereocenters. The molecule has 2 N–H and O–H groups in total. The highest BCUT2D eigenvalue weighted by atomic mass is 32.2. The molecule has 0 saturated heterocycles. The largest absolute Gasteiger partial charge is 0.449 e. The molecule has 1 amide bonds. The van der Waals surface area contributed by atoms with Gasteiger partial charge in [0.05, 0.1) is 6.61 Å². The van der Waals surface area contributed by atoms with Crippen molar-refractivity contribution in [3.63, 3.8) is 0 Å². The first-order chi connectivity index (χ1) is 7.93. The smallest absolute Gasteiger partial charge is 0.421 e.